The van der Waals surface area contributed by atoms with Crippen LogP contribution in [0.5, 0.6) is 0 Å². The van der Waals surface area contributed by atoms with Crippen molar-refractivity contribution < 1.29 is 4.39 Å². The summed E-state index contributed by atoms with van der Waals surface area (Å²) in [6.45, 7) is 6.32. The number of hydrogen-bond donors (Lipinski definition) is 1. The fraction of sp³-hybridized carbons (Fsp3) is 0.300. The van der Waals surface area contributed by atoms with Gasteiger partial charge in [0.25, 0.3) is 0 Å². The van der Waals surface area contributed by atoms with Crippen molar-refractivity contribution >= 4 is 17.4 Å². The van der Waals surface area contributed by atoms with Crippen LogP contribution in [0.2, 0.25) is 5.02 Å². The second-order valence-electron chi connectivity index (χ2n) is 2.94. The molecule has 0 aliphatic carbocycles. The number of rotatable bonds is 4. The Morgan fingerprint density at radius 3 is 3.00 bits per heavy atom. The summed E-state index contributed by atoms with van der Waals surface area (Å²) in [5, 5.41) is 3.14. The molecular formula is C10H12ClFN2. The minimum atomic E-state index is -0.443. The first-order chi connectivity index (χ1) is 6.63. The molecule has 0 amide bonds. The molecule has 0 saturated carbocycles. The molecule has 0 saturated heterocycles. The number of aromatic nitrogens is 1. The molecule has 4 heteroatoms. The van der Waals surface area contributed by atoms with Crippen LogP contribution in [0, 0.1) is 5.82 Å². The van der Waals surface area contributed by atoms with Crippen LogP contribution in [0.15, 0.2) is 24.4 Å². The summed E-state index contributed by atoms with van der Waals surface area (Å²) in [4.78, 5) is 3.82. The minimum absolute atomic E-state index is 0.212. The van der Waals surface area contributed by atoms with Gasteiger partial charge in [-0.3, -0.25) is 0 Å². The zero-order valence-electron chi connectivity index (χ0n) is 7.98. The predicted octanol–water partition coefficient (Wildman–Crippen LogP) is 3.25. The number of pyridine rings is 1. The number of halogens is 2. The SMILES string of the molecule is C=C(CC)CNc1ncc(Cl)cc1F. The first-order valence-corrected chi connectivity index (χ1v) is 4.73. The van der Waals surface area contributed by atoms with Crippen LogP contribution in [-0.4, -0.2) is 11.5 Å². The highest BCUT2D eigenvalue weighted by Gasteiger charge is 2.03. The lowest BCUT2D eigenvalue weighted by molar-refractivity contribution is 0.625. The van der Waals surface area contributed by atoms with Gasteiger partial charge < -0.3 is 5.32 Å². The average Bonchev–Trinajstić information content (AvgIpc) is 2.16. The topological polar surface area (TPSA) is 24.9 Å². The molecule has 0 aliphatic heterocycles. The zero-order valence-corrected chi connectivity index (χ0v) is 8.74. The van der Waals surface area contributed by atoms with Gasteiger partial charge in [-0.15, -0.1) is 0 Å². The molecule has 2 nitrogen and oxygen atoms in total. The third kappa shape index (κ3) is 3.00. The molecule has 0 radical (unpaired) electrons. The van der Waals surface area contributed by atoms with E-state index >= 15 is 0 Å². The molecular weight excluding hydrogens is 203 g/mol. The van der Waals surface area contributed by atoms with E-state index in [2.05, 4.69) is 16.9 Å². The van der Waals surface area contributed by atoms with Crippen molar-refractivity contribution in [3.8, 4) is 0 Å². The molecule has 1 heterocycles. The van der Waals surface area contributed by atoms with E-state index in [0.717, 1.165) is 12.0 Å². The summed E-state index contributed by atoms with van der Waals surface area (Å²) < 4.78 is 13.2. The van der Waals surface area contributed by atoms with Gasteiger partial charge in [0.15, 0.2) is 11.6 Å². The average molecular weight is 215 g/mol. The van der Waals surface area contributed by atoms with Crippen molar-refractivity contribution in [2.75, 3.05) is 11.9 Å². The van der Waals surface area contributed by atoms with Crippen LogP contribution in [0.4, 0.5) is 10.2 Å². The molecule has 1 aromatic rings. The number of nitrogens with zero attached hydrogens (tertiary/aromatic N) is 1. The molecule has 0 atom stereocenters. The van der Waals surface area contributed by atoms with Gasteiger partial charge >= 0.3 is 0 Å². The molecule has 0 spiro atoms. The quantitative estimate of drug-likeness (QED) is 0.779. The lowest BCUT2D eigenvalue weighted by Crippen LogP contribution is -2.06. The monoisotopic (exact) mass is 214 g/mol. The molecule has 14 heavy (non-hydrogen) atoms. The van der Waals surface area contributed by atoms with Crippen LogP contribution < -0.4 is 5.32 Å². The third-order valence-corrected chi connectivity index (χ3v) is 2.02. The molecule has 0 fully saturated rings. The summed E-state index contributed by atoms with van der Waals surface area (Å²) in [5.41, 5.74) is 1.00. The van der Waals surface area contributed by atoms with Crippen molar-refractivity contribution in [2.24, 2.45) is 0 Å². The van der Waals surface area contributed by atoms with Gasteiger partial charge in [-0.05, 0) is 12.5 Å². The normalized spacial score (nSPS) is 9.93. The van der Waals surface area contributed by atoms with Crippen molar-refractivity contribution in [3.63, 3.8) is 0 Å². The number of nitrogens with one attached hydrogen (secondary N) is 1. The highest BCUT2D eigenvalue weighted by molar-refractivity contribution is 6.30. The first kappa shape index (κ1) is 11.0. The summed E-state index contributed by atoms with van der Waals surface area (Å²) >= 11 is 5.56. The van der Waals surface area contributed by atoms with E-state index in [1.165, 1.54) is 12.3 Å². The van der Waals surface area contributed by atoms with Crippen molar-refractivity contribution in [1.29, 1.82) is 0 Å². The zero-order chi connectivity index (χ0) is 10.6. The van der Waals surface area contributed by atoms with E-state index in [1.807, 2.05) is 6.92 Å². The van der Waals surface area contributed by atoms with E-state index < -0.39 is 5.82 Å². The van der Waals surface area contributed by atoms with E-state index in [-0.39, 0.29) is 5.82 Å². The van der Waals surface area contributed by atoms with Crippen LogP contribution in [0.3, 0.4) is 0 Å². The van der Waals surface area contributed by atoms with E-state index in [0.29, 0.717) is 11.6 Å². The second kappa shape index (κ2) is 4.96. The number of hydrogen-bond acceptors (Lipinski definition) is 2. The minimum Gasteiger partial charge on any atom is -0.364 e. The Morgan fingerprint density at radius 1 is 1.71 bits per heavy atom. The fourth-order valence-electron chi connectivity index (χ4n) is 0.878. The molecule has 76 valence electrons. The van der Waals surface area contributed by atoms with Crippen molar-refractivity contribution in [2.45, 2.75) is 13.3 Å². The maximum absolute atomic E-state index is 13.2. The maximum atomic E-state index is 13.2. The molecule has 0 aromatic carbocycles. The lowest BCUT2D eigenvalue weighted by Gasteiger charge is -2.07. The Balaban J connectivity index is 2.63. The highest BCUT2D eigenvalue weighted by Crippen LogP contribution is 2.15. The molecule has 0 aliphatic rings. The van der Waals surface area contributed by atoms with E-state index in [9.17, 15) is 4.39 Å². The Bertz CT molecular complexity index is 339. The Kier molecular flexibility index (Phi) is 3.89. The first-order valence-electron chi connectivity index (χ1n) is 4.35. The molecule has 0 bridgehead atoms. The third-order valence-electron chi connectivity index (χ3n) is 1.81. The van der Waals surface area contributed by atoms with Gasteiger partial charge in [0.1, 0.15) is 0 Å². The smallest absolute Gasteiger partial charge is 0.166 e. The Morgan fingerprint density at radius 2 is 2.43 bits per heavy atom. The van der Waals surface area contributed by atoms with Gasteiger partial charge in [-0.25, -0.2) is 9.37 Å². The Labute approximate surface area is 87.8 Å². The summed E-state index contributed by atoms with van der Waals surface area (Å²) in [5.74, 6) is -0.231. The van der Waals surface area contributed by atoms with Gasteiger partial charge in [-0.1, -0.05) is 30.7 Å². The molecule has 1 aromatic heterocycles. The van der Waals surface area contributed by atoms with Crippen LogP contribution in [-0.2, 0) is 0 Å². The van der Waals surface area contributed by atoms with Crippen LogP contribution in [0.1, 0.15) is 13.3 Å². The molecule has 1 rings (SSSR count). The summed E-state index contributed by atoms with van der Waals surface area (Å²) in [6, 6.07) is 1.23. The molecule has 1 N–H and O–H groups in total. The Hall–Kier alpha value is -1.09. The van der Waals surface area contributed by atoms with Crippen molar-refractivity contribution in [1.82, 2.24) is 4.98 Å². The highest BCUT2D eigenvalue weighted by atomic mass is 35.5. The lowest BCUT2D eigenvalue weighted by atomic mass is 10.2. The number of anilines is 1. The fourth-order valence-corrected chi connectivity index (χ4v) is 1.02. The maximum Gasteiger partial charge on any atom is 0.166 e. The predicted molar refractivity (Wildman–Crippen MR) is 57.1 cm³/mol. The van der Waals surface area contributed by atoms with Gasteiger partial charge in [0, 0.05) is 12.7 Å². The van der Waals surface area contributed by atoms with Gasteiger partial charge in [-0.2, -0.15) is 0 Å². The second-order valence-corrected chi connectivity index (χ2v) is 3.38. The van der Waals surface area contributed by atoms with Gasteiger partial charge in [0.2, 0.25) is 0 Å². The largest absolute Gasteiger partial charge is 0.364 e. The van der Waals surface area contributed by atoms with E-state index in [1.54, 1.807) is 0 Å². The summed E-state index contributed by atoms with van der Waals surface area (Å²) in [6.07, 6.45) is 2.27. The van der Waals surface area contributed by atoms with Crippen LogP contribution in [0.25, 0.3) is 0 Å². The standard InChI is InChI=1S/C10H12ClFN2/c1-3-7(2)5-13-10-9(12)4-8(11)6-14-10/h4,6H,2-3,5H2,1H3,(H,13,14). The van der Waals surface area contributed by atoms with Gasteiger partial charge in [0.05, 0.1) is 5.02 Å². The van der Waals surface area contributed by atoms with Crippen molar-refractivity contribution in [3.05, 3.63) is 35.3 Å². The van der Waals surface area contributed by atoms with E-state index in [4.69, 9.17) is 11.6 Å². The molecule has 0 unspecified atom stereocenters. The summed E-state index contributed by atoms with van der Waals surface area (Å²) in [7, 11) is 0. The van der Waals surface area contributed by atoms with Crippen LogP contribution >= 0.6 is 11.6 Å².